The molecule has 0 aromatic carbocycles. The first-order valence-electron chi connectivity index (χ1n) is 5.03. The molecule has 76 valence electrons. The summed E-state index contributed by atoms with van der Waals surface area (Å²) in [6, 6.07) is 0. The lowest BCUT2D eigenvalue weighted by molar-refractivity contribution is -0.142. The first kappa shape index (κ1) is 10.5. The normalized spacial score (nSPS) is 28.5. The first-order chi connectivity index (χ1) is 6.26. The number of carbonyl (C=O) groups is 1. The topological polar surface area (TPSA) is 52.3 Å². The van der Waals surface area contributed by atoms with E-state index in [1.807, 2.05) is 0 Å². The highest BCUT2D eigenvalue weighted by Gasteiger charge is 2.22. The smallest absolute Gasteiger partial charge is 0.305 e. The van der Waals surface area contributed by atoms with Gasteiger partial charge in [-0.2, -0.15) is 0 Å². The summed E-state index contributed by atoms with van der Waals surface area (Å²) in [5.74, 6) is 1.15. The molecule has 1 fully saturated rings. The number of hydrogen-bond acceptors (Lipinski definition) is 3. The number of hydrogen-bond donors (Lipinski definition) is 1. The van der Waals surface area contributed by atoms with Gasteiger partial charge in [0.25, 0.3) is 0 Å². The molecule has 2 N–H and O–H groups in total. The molecule has 1 aliphatic carbocycles. The molecule has 1 aliphatic rings. The van der Waals surface area contributed by atoms with Crippen molar-refractivity contribution in [3.05, 3.63) is 0 Å². The molecular weight excluding hydrogens is 166 g/mol. The maximum atomic E-state index is 11.0. The predicted octanol–water partition coefficient (Wildman–Crippen LogP) is 1.31. The molecule has 0 heterocycles. The van der Waals surface area contributed by atoms with Gasteiger partial charge in [0.1, 0.15) is 0 Å². The Morgan fingerprint density at radius 1 is 1.31 bits per heavy atom. The van der Waals surface area contributed by atoms with E-state index in [1.54, 1.807) is 0 Å². The molecule has 0 bridgehead atoms. The quantitative estimate of drug-likeness (QED) is 0.674. The number of esters is 1. The van der Waals surface area contributed by atoms with Crippen LogP contribution >= 0.6 is 0 Å². The van der Waals surface area contributed by atoms with Crippen LogP contribution in [-0.2, 0) is 9.53 Å². The third-order valence-corrected chi connectivity index (χ3v) is 2.98. The van der Waals surface area contributed by atoms with Crippen molar-refractivity contribution in [3.63, 3.8) is 0 Å². The van der Waals surface area contributed by atoms with Gasteiger partial charge in [-0.1, -0.05) is 0 Å². The molecule has 1 rings (SSSR count). The van der Waals surface area contributed by atoms with E-state index < -0.39 is 0 Å². The predicted molar refractivity (Wildman–Crippen MR) is 51.1 cm³/mol. The lowest BCUT2D eigenvalue weighted by Crippen LogP contribution is -2.23. The zero-order valence-corrected chi connectivity index (χ0v) is 8.29. The van der Waals surface area contributed by atoms with Crippen LogP contribution in [0.25, 0.3) is 0 Å². The van der Waals surface area contributed by atoms with Gasteiger partial charge in [-0.05, 0) is 44.1 Å². The first-order valence-corrected chi connectivity index (χ1v) is 5.03. The third kappa shape index (κ3) is 3.35. The van der Waals surface area contributed by atoms with Gasteiger partial charge in [0.2, 0.25) is 0 Å². The van der Waals surface area contributed by atoms with Gasteiger partial charge in [-0.3, -0.25) is 4.79 Å². The Bertz CT molecular complexity index is 162. The van der Waals surface area contributed by atoms with Crippen molar-refractivity contribution in [1.29, 1.82) is 0 Å². The highest BCUT2D eigenvalue weighted by molar-refractivity contribution is 5.69. The van der Waals surface area contributed by atoms with E-state index in [4.69, 9.17) is 5.73 Å². The fourth-order valence-corrected chi connectivity index (χ4v) is 1.99. The minimum Gasteiger partial charge on any atom is -0.469 e. The second-order valence-corrected chi connectivity index (χ2v) is 3.90. The van der Waals surface area contributed by atoms with Crippen LogP contribution in [0.15, 0.2) is 0 Å². The van der Waals surface area contributed by atoms with Crippen LogP contribution in [0.3, 0.4) is 0 Å². The van der Waals surface area contributed by atoms with Crippen molar-refractivity contribution in [2.75, 3.05) is 13.7 Å². The Kier molecular flexibility index (Phi) is 4.22. The maximum Gasteiger partial charge on any atom is 0.305 e. The Morgan fingerprint density at radius 3 is 2.31 bits per heavy atom. The summed E-state index contributed by atoms with van der Waals surface area (Å²) in [5, 5.41) is 0. The van der Waals surface area contributed by atoms with Crippen LogP contribution < -0.4 is 5.73 Å². The summed E-state index contributed by atoms with van der Waals surface area (Å²) in [4.78, 5) is 11.0. The molecule has 0 unspecified atom stereocenters. The average Bonchev–Trinajstić information content (AvgIpc) is 2.19. The van der Waals surface area contributed by atoms with Crippen LogP contribution in [0.4, 0.5) is 0 Å². The van der Waals surface area contributed by atoms with Crippen LogP contribution in [0.5, 0.6) is 0 Å². The summed E-state index contributed by atoms with van der Waals surface area (Å²) in [6.45, 7) is 0.797. The minimum atomic E-state index is -0.0730. The number of ether oxygens (including phenoxy) is 1. The maximum absolute atomic E-state index is 11.0. The van der Waals surface area contributed by atoms with Crippen molar-refractivity contribution in [3.8, 4) is 0 Å². The van der Waals surface area contributed by atoms with Gasteiger partial charge in [0, 0.05) is 6.42 Å². The van der Waals surface area contributed by atoms with Crippen molar-refractivity contribution < 1.29 is 9.53 Å². The molecule has 0 radical (unpaired) electrons. The van der Waals surface area contributed by atoms with Crippen molar-refractivity contribution in [1.82, 2.24) is 0 Å². The largest absolute Gasteiger partial charge is 0.469 e. The fraction of sp³-hybridized carbons (Fsp3) is 0.900. The molecule has 0 aromatic heterocycles. The fourth-order valence-electron chi connectivity index (χ4n) is 1.99. The Morgan fingerprint density at radius 2 is 1.85 bits per heavy atom. The molecule has 13 heavy (non-hydrogen) atoms. The molecule has 0 amide bonds. The molecule has 0 saturated heterocycles. The van der Waals surface area contributed by atoms with Crippen LogP contribution in [0.2, 0.25) is 0 Å². The van der Waals surface area contributed by atoms with Crippen LogP contribution in [0.1, 0.15) is 32.1 Å². The molecule has 3 heteroatoms. The molecule has 1 saturated carbocycles. The van der Waals surface area contributed by atoms with E-state index in [2.05, 4.69) is 4.74 Å². The summed E-state index contributed by atoms with van der Waals surface area (Å²) < 4.78 is 4.64. The van der Waals surface area contributed by atoms with Gasteiger partial charge < -0.3 is 10.5 Å². The number of nitrogens with two attached hydrogens (primary N) is 1. The molecule has 3 nitrogen and oxygen atoms in total. The second kappa shape index (κ2) is 5.22. The van der Waals surface area contributed by atoms with Crippen molar-refractivity contribution in [2.24, 2.45) is 17.6 Å². The van der Waals surface area contributed by atoms with E-state index in [9.17, 15) is 4.79 Å². The van der Waals surface area contributed by atoms with Crippen LogP contribution in [-0.4, -0.2) is 19.6 Å². The Hall–Kier alpha value is -0.570. The van der Waals surface area contributed by atoms with Crippen molar-refractivity contribution in [2.45, 2.75) is 32.1 Å². The second-order valence-electron chi connectivity index (χ2n) is 3.90. The zero-order chi connectivity index (χ0) is 9.68. The van der Waals surface area contributed by atoms with Crippen LogP contribution in [0, 0.1) is 11.8 Å². The van der Waals surface area contributed by atoms with E-state index in [-0.39, 0.29) is 5.97 Å². The van der Waals surface area contributed by atoms with E-state index >= 15 is 0 Å². The van der Waals surface area contributed by atoms with Gasteiger partial charge in [0.15, 0.2) is 0 Å². The number of carbonyl (C=O) groups excluding carboxylic acids is 1. The average molecular weight is 185 g/mol. The van der Waals surface area contributed by atoms with E-state index in [0.29, 0.717) is 18.3 Å². The Labute approximate surface area is 79.6 Å². The van der Waals surface area contributed by atoms with Gasteiger partial charge in [0.05, 0.1) is 7.11 Å². The lowest BCUT2D eigenvalue weighted by atomic mass is 9.81. The minimum absolute atomic E-state index is 0.0730. The molecule has 0 aliphatic heterocycles. The zero-order valence-electron chi connectivity index (χ0n) is 8.29. The lowest BCUT2D eigenvalue weighted by Gasteiger charge is -2.26. The monoisotopic (exact) mass is 185 g/mol. The highest BCUT2D eigenvalue weighted by Crippen LogP contribution is 2.30. The summed E-state index contributed by atoms with van der Waals surface area (Å²) in [7, 11) is 1.45. The molecular formula is C10H19NO2. The standard InChI is InChI=1S/C10H19NO2/c1-13-10(12)6-8-2-4-9(7-11)5-3-8/h8-9H,2-7,11H2,1H3/t8-,9-. The van der Waals surface area contributed by atoms with Gasteiger partial charge >= 0.3 is 5.97 Å². The highest BCUT2D eigenvalue weighted by atomic mass is 16.5. The SMILES string of the molecule is COC(=O)C[C@H]1CC[C@H](CN)CC1. The molecule has 0 aromatic rings. The third-order valence-electron chi connectivity index (χ3n) is 2.98. The van der Waals surface area contributed by atoms with E-state index in [0.717, 1.165) is 19.4 Å². The van der Waals surface area contributed by atoms with Gasteiger partial charge in [-0.15, -0.1) is 0 Å². The number of methoxy groups -OCH3 is 1. The number of rotatable bonds is 3. The van der Waals surface area contributed by atoms with Gasteiger partial charge in [-0.25, -0.2) is 0 Å². The summed E-state index contributed by atoms with van der Waals surface area (Å²) in [5.41, 5.74) is 5.58. The molecule has 0 atom stereocenters. The summed E-state index contributed by atoms with van der Waals surface area (Å²) >= 11 is 0. The molecule has 0 spiro atoms. The van der Waals surface area contributed by atoms with Crippen molar-refractivity contribution >= 4 is 5.97 Å². The van der Waals surface area contributed by atoms with E-state index in [1.165, 1.54) is 20.0 Å². The summed E-state index contributed by atoms with van der Waals surface area (Å²) in [6.07, 6.45) is 5.22. The Balaban J connectivity index is 2.21.